The van der Waals surface area contributed by atoms with Crippen molar-refractivity contribution in [2.45, 2.75) is 24.0 Å². The minimum absolute atomic E-state index is 0.0500. The van der Waals surface area contributed by atoms with Gasteiger partial charge in [0.15, 0.2) is 0 Å². The van der Waals surface area contributed by atoms with Gasteiger partial charge in [-0.3, -0.25) is 24.3 Å². The van der Waals surface area contributed by atoms with Crippen LogP contribution in [0.3, 0.4) is 0 Å². The van der Waals surface area contributed by atoms with Gasteiger partial charge in [0.25, 0.3) is 5.56 Å². The highest BCUT2D eigenvalue weighted by molar-refractivity contribution is 6.53. The van der Waals surface area contributed by atoms with Crippen molar-refractivity contribution in [2.75, 3.05) is 5.73 Å². The fourth-order valence-corrected chi connectivity index (χ4v) is 3.06. The fourth-order valence-electron chi connectivity index (χ4n) is 3.06. The van der Waals surface area contributed by atoms with E-state index in [9.17, 15) is 14.4 Å². The quantitative estimate of drug-likeness (QED) is 0.340. The number of amides is 2. The molecule has 11 heteroatoms. The minimum atomic E-state index is -2.01. The van der Waals surface area contributed by atoms with Crippen LogP contribution in [0.15, 0.2) is 16.9 Å². The number of nitrogens with one attached hydrogen (secondary N) is 1. The molecule has 116 valence electrons. The number of aryl methyl sites for hydroxylation is 1. The summed E-state index contributed by atoms with van der Waals surface area (Å²) in [6, 6.07) is 2.88. The molecule has 1 aromatic carbocycles. The van der Waals surface area contributed by atoms with Gasteiger partial charge in [0, 0.05) is 5.69 Å². The summed E-state index contributed by atoms with van der Waals surface area (Å²) in [6.45, 7) is 1.48. The number of piperidine rings is 1. The molecule has 7 nitrogen and oxygen atoms in total. The average Bonchev–Trinajstić information content (AvgIpc) is 2.43. The number of benzene rings is 1. The molecule has 0 bridgehead atoms. The van der Waals surface area contributed by atoms with E-state index in [4.69, 9.17) is 37.1 Å². The third-order valence-corrected chi connectivity index (χ3v) is 4.20. The molecule has 1 fully saturated rings. The van der Waals surface area contributed by atoms with E-state index in [-0.39, 0.29) is 22.4 Å². The van der Waals surface area contributed by atoms with Crippen molar-refractivity contribution in [1.29, 1.82) is 0 Å². The summed E-state index contributed by atoms with van der Waals surface area (Å²) in [4.78, 5) is 41.4. The van der Waals surface area contributed by atoms with E-state index in [1.807, 2.05) is 5.32 Å². The van der Waals surface area contributed by atoms with Gasteiger partial charge >= 0.3 is 0 Å². The Bertz CT molecular complexity index is 1000. The van der Waals surface area contributed by atoms with Crippen LogP contribution < -0.4 is 22.1 Å². The summed E-state index contributed by atoms with van der Waals surface area (Å²) in [5.74, 6) is -1.68. The first-order valence-corrected chi connectivity index (χ1v) is 7.29. The molecule has 8 radical (unpaired) electrons. The lowest BCUT2D eigenvalue weighted by atomic mass is 9.45. The van der Waals surface area contributed by atoms with Crippen LogP contribution in [0.1, 0.15) is 12.2 Å². The summed E-state index contributed by atoms with van der Waals surface area (Å²) in [7, 11) is 23.3. The van der Waals surface area contributed by atoms with Crippen molar-refractivity contribution < 1.29 is 9.59 Å². The lowest BCUT2D eigenvalue weighted by Crippen LogP contribution is -2.63. The summed E-state index contributed by atoms with van der Waals surface area (Å²) in [6.07, 6.45) is -0.493. The second kappa shape index (κ2) is 5.28. The maximum Gasteiger partial charge on any atom is 0.263 e. The molecule has 1 saturated heterocycles. The van der Waals surface area contributed by atoms with E-state index < -0.39 is 34.4 Å². The predicted molar refractivity (Wildman–Crippen MR) is 96.2 cm³/mol. The van der Waals surface area contributed by atoms with Crippen molar-refractivity contribution in [3.8, 4) is 0 Å². The second-order valence-electron chi connectivity index (χ2n) is 6.23. The van der Waals surface area contributed by atoms with E-state index in [0.29, 0.717) is 5.46 Å². The van der Waals surface area contributed by atoms with E-state index in [1.165, 1.54) is 19.1 Å². The number of hydrogen-bond donors (Lipinski definition) is 2. The van der Waals surface area contributed by atoms with Gasteiger partial charge in [-0.25, -0.2) is 4.98 Å². The largest absolute Gasteiger partial charge is 0.398 e. The number of nitrogens with two attached hydrogens (primary N) is 1. The van der Waals surface area contributed by atoms with Crippen LogP contribution in [0.5, 0.6) is 0 Å². The first-order valence-electron chi connectivity index (χ1n) is 7.29. The molecule has 2 heterocycles. The highest BCUT2D eigenvalue weighted by Gasteiger charge is 2.49. The number of fused-ring (bicyclic) bond motifs is 1. The molecule has 0 aliphatic carbocycles. The maximum atomic E-state index is 13.0. The molecule has 3 rings (SSSR count). The molecule has 1 aliphatic rings. The van der Waals surface area contributed by atoms with Crippen LogP contribution >= 0.6 is 0 Å². The van der Waals surface area contributed by atoms with E-state index in [1.54, 1.807) is 0 Å². The van der Waals surface area contributed by atoms with Gasteiger partial charge in [0.2, 0.25) is 11.8 Å². The van der Waals surface area contributed by atoms with Crippen LogP contribution in [0, 0.1) is 6.92 Å². The molecular weight excluding hydrogens is 315 g/mol. The van der Waals surface area contributed by atoms with Crippen molar-refractivity contribution in [3.05, 3.63) is 28.3 Å². The molecule has 1 aliphatic heterocycles. The smallest absolute Gasteiger partial charge is 0.263 e. The molecular formula is C14H10B4N4O3. The third-order valence-electron chi connectivity index (χ3n) is 4.20. The number of nitrogen functional groups attached to an aromatic ring is 1. The lowest BCUT2D eigenvalue weighted by molar-refractivity contribution is -0.138. The lowest BCUT2D eigenvalue weighted by Gasteiger charge is -2.43. The number of imide groups is 1. The predicted octanol–water partition coefficient (Wildman–Crippen LogP) is -2.60. The molecule has 2 aromatic rings. The Morgan fingerprint density at radius 2 is 1.84 bits per heavy atom. The standard InChI is InChI=1S/C14H10B4N4O3/c1-5-20-8-3-6(15)2-7(19)9(8)10(23)22(5)14(18)4-13(16,17)11(24)21-12(14)25/h2-3H,4,19H2,1H3,(H,21,24,25). The van der Waals surface area contributed by atoms with Crippen LogP contribution in [0.2, 0.25) is 5.21 Å². The number of carbonyl (C=O) groups excluding carboxylic acids is 2. The number of aromatic nitrogens is 2. The second-order valence-corrected chi connectivity index (χ2v) is 6.23. The normalized spacial score (nSPS) is 22.8. The highest BCUT2D eigenvalue weighted by atomic mass is 16.2. The molecule has 0 saturated carbocycles. The average molecular weight is 326 g/mol. The molecule has 0 spiro atoms. The van der Waals surface area contributed by atoms with Gasteiger partial charge in [-0.15, -0.1) is 0 Å². The van der Waals surface area contributed by atoms with Crippen LogP contribution in [-0.2, 0) is 15.0 Å². The minimum Gasteiger partial charge on any atom is -0.398 e. The van der Waals surface area contributed by atoms with Crippen LogP contribution in [-0.4, -0.2) is 52.8 Å². The molecule has 1 unspecified atom stereocenters. The summed E-state index contributed by atoms with van der Waals surface area (Å²) in [5.41, 5.74) is 3.89. The number of anilines is 1. The van der Waals surface area contributed by atoms with Crippen LogP contribution in [0.4, 0.5) is 5.69 Å². The van der Waals surface area contributed by atoms with Gasteiger partial charge in [-0.2, -0.15) is 0 Å². The van der Waals surface area contributed by atoms with Crippen molar-refractivity contribution in [3.63, 3.8) is 0 Å². The first kappa shape index (κ1) is 17.4. The van der Waals surface area contributed by atoms with Gasteiger partial charge in [0.05, 0.1) is 32.0 Å². The zero-order chi connectivity index (χ0) is 18.7. The van der Waals surface area contributed by atoms with Crippen molar-refractivity contribution >= 4 is 65.3 Å². The van der Waals surface area contributed by atoms with Gasteiger partial charge < -0.3 is 5.73 Å². The summed E-state index contributed by atoms with van der Waals surface area (Å²) in [5, 5.41) is 0.109. The zero-order valence-electron chi connectivity index (χ0n) is 13.4. The van der Waals surface area contributed by atoms with Gasteiger partial charge in [-0.1, -0.05) is 5.46 Å². The summed E-state index contributed by atoms with van der Waals surface area (Å²) < 4.78 is 0.943. The molecule has 1 aromatic heterocycles. The SMILES string of the molecule is [B]c1cc(N)c2c(=O)n(C3([B])CC([B])([B])C(=O)NC3=O)c(C)nc2c1. The molecule has 1 atom stereocenters. The van der Waals surface area contributed by atoms with Gasteiger partial charge in [-0.05, 0) is 30.7 Å². The Balaban J connectivity index is 2.34. The first-order chi connectivity index (χ1) is 11.5. The summed E-state index contributed by atoms with van der Waals surface area (Å²) >= 11 is 0. The van der Waals surface area contributed by atoms with E-state index in [2.05, 4.69) is 4.98 Å². The van der Waals surface area contributed by atoms with E-state index in [0.717, 1.165) is 4.57 Å². The topological polar surface area (TPSA) is 107 Å². The molecule has 25 heavy (non-hydrogen) atoms. The number of carbonyl (C=O) groups is 2. The Hall–Kier alpha value is -2.44. The van der Waals surface area contributed by atoms with Crippen LogP contribution in [0.25, 0.3) is 10.9 Å². The third kappa shape index (κ3) is 2.49. The van der Waals surface area contributed by atoms with E-state index >= 15 is 0 Å². The number of nitrogens with zero attached hydrogens (tertiary/aromatic N) is 2. The Morgan fingerprint density at radius 3 is 2.48 bits per heavy atom. The molecule has 2 amide bonds. The number of rotatable bonds is 1. The van der Waals surface area contributed by atoms with Crippen molar-refractivity contribution in [1.82, 2.24) is 14.9 Å². The Morgan fingerprint density at radius 1 is 1.20 bits per heavy atom. The Kier molecular flexibility index (Phi) is 3.67. The monoisotopic (exact) mass is 326 g/mol. The highest BCUT2D eigenvalue weighted by Crippen LogP contribution is 2.36. The fraction of sp³-hybridized carbons (Fsp3) is 0.286. The van der Waals surface area contributed by atoms with Gasteiger partial charge in [0.1, 0.15) is 21.5 Å². The Labute approximate surface area is 148 Å². The van der Waals surface area contributed by atoms with Crippen molar-refractivity contribution in [2.24, 2.45) is 0 Å². The number of hydrogen-bond acceptors (Lipinski definition) is 5. The zero-order valence-corrected chi connectivity index (χ0v) is 13.4. The molecule has 3 N–H and O–H groups in total. The maximum absolute atomic E-state index is 13.0.